The minimum atomic E-state index is -1.08. The van der Waals surface area contributed by atoms with E-state index in [2.05, 4.69) is 13.8 Å². The van der Waals surface area contributed by atoms with E-state index >= 15 is 0 Å². The molecular weight excluding hydrogens is 222 g/mol. The zero-order chi connectivity index (χ0) is 13.5. The molecule has 0 rings (SSSR count). The van der Waals surface area contributed by atoms with Gasteiger partial charge in [-0.3, -0.25) is 4.79 Å². The number of hydrogen-bond acceptors (Lipinski definition) is 4. The zero-order valence-electron chi connectivity index (χ0n) is 11.2. The maximum atomic E-state index is 11.2. The van der Waals surface area contributed by atoms with Crippen LogP contribution in [0, 0.1) is 10.6 Å². The molecule has 5 nitrogen and oxygen atoms in total. The number of rotatable bonds is 9. The van der Waals surface area contributed by atoms with E-state index in [0.717, 1.165) is 12.8 Å². The van der Waals surface area contributed by atoms with Gasteiger partial charge in [0.25, 0.3) is 0 Å². The Morgan fingerprint density at radius 2 is 2.06 bits per heavy atom. The highest BCUT2D eigenvalue weighted by Gasteiger charge is 2.19. The summed E-state index contributed by atoms with van der Waals surface area (Å²) in [6, 6.07) is 0. The fourth-order valence-electron chi connectivity index (χ4n) is 1.49. The molecule has 0 fully saturated rings. The minimum Gasteiger partial charge on any atom is -0.785 e. The third-order valence-electron chi connectivity index (χ3n) is 2.98. The lowest BCUT2D eigenvalue weighted by molar-refractivity contribution is -0.137. The molecular formula is C12H24NO4-. The summed E-state index contributed by atoms with van der Waals surface area (Å²) < 4.78 is 5.17. The van der Waals surface area contributed by atoms with Crippen molar-refractivity contribution in [2.45, 2.75) is 46.1 Å². The summed E-state index contributed by atoms with van der Waals surface area (Å²) in [7, 11) is 1.68. The van der Waals surface area contributed by atoms with E-state index in [1.165, 1.54) is 0 Å². The van der Waals surface area contributed by atoms with Crippen LogP contribution in [0.15, 0.2) is 0 Å². The van der Waals surface area contributed by atoms with Gasteiger partial charge < -0.3 is 20.1 Å². The Bertz CT molecular complexity index is 231. The first-order valence-corrected chi connectivity index (χ1v) is 5.93. The molecule has 0 heterocycles. The van der Waals surface area contributed by atoms with Crippen molar-refractivity contribution >= 4 is 5.97 Å². The summed E-state index contributed by atoms with van der Waals surface area (Å²) in [5, 5.41) is 20.3. The van der Waals surface area contributed by atoms with Crippen molar-refractivity contribution in [3.8, 4) is 0 Å². The van der Waals surface area contributed by atoms with Gasteiger partial charge in [0.05, 0.1) is 12.6 Å². The second-order valence-electron chi connectivity index (χ2n) is 5.26. The second kappa shape index (κ2) is 7.63. The normalized spacial score (nSPS) is 14.0. The van der Waals surface area contributed by atoms with E-state index in [1.807, 2.05) is 6.92 Å². The first-order chi connectivity index (χ1) is 7.76. The van der Waals surface area contributed by atoms with Crippen LogP contribution in [0.2, 0.25) is 0 Å². The van der Waals surface area contributed by atoms with Crippen LogP contribution in [-0.4, -0.2) is 42.4 Å². The van der Waals surface area contributed by atoms with E-state index in [1.54, 1.807) is 7.11 Å². The van der Waals surface area contributed by atoms with Crippen LogP contribution in [0.25, 0.3) is 0 Å². The Morgan fingerprint density at radius 3 is 2.53 bits per heavy atom. The smallest absolute Gasteiger partial charge is 0.316 e. The largest absolute Gasteiger partial charge is 0.785 e. The summed E-state index contributed by atoms with van der Waals surface area (Å²) in [4.78, 5) is 10.3. The van der Waals surface area contributed by atoms with Crippen molar-refractivity contribution in [2.24, 2.45) is 5.41 Å². The molecule has 0 aliphatic rings. The molecule has 1 unspecified atom stereocenters. The molecule has 0 amide bonds. The van der Waals surface area contributed by atoms with Crippen LogP contribution < -0.4 is 0 Å². The Hall–Kier alpha value is -0.650. The summed E-state index contributed by atoms with van der Waals surface area (Å²) in [6.45, 7) is 6.01. The maximum Gasteiger partial charge on any atom is 0.316 e. The number of methoxy groups -OCH3 is 1. The number of nitrogens with zero attached hydrogens (tertiary/aromatic N) is 1. The summed E-state index contributed by atoms with van der Waals surface area (Å²) >= 11 is 0. The summed E-state index contributed by atoms with van der Waals surface area (Å²) in [5.74, 6) is -1.08. The number of carbonyl (C=O) groups is 1. The molecule has 0 radical (unpaired) electrons. The monoisotopic (exact) mass is 246 g/mol. The summed E-state index contributed by atoms with van der Waals surface area (Å²) in [6.07, 6.45) is 2.82. The van der Waals surface area contributed by atoms with Crippen molar-refractivity contribution in [3.05, 3.63) is 5.21 Å². The summed E-state index contributed by atoms with van der Waals surface area (Å²) in [5.41, 5.74) is 0.0357. The first kappa shape index (κ1) is 16.4. The van der Waals surface area contributed by atoms with Gasteiger partial charge in [-0.1, -0.05) is 13.8 Å². The molecule has 0 aromatic carbocycles. The first-order valence-electron chi connectivity index (χ1n) is 5.93. The molecule has 5 heteroatoms. The van der Waals surface area contributed by atoms with Crippen LogP contribution in [0.1, 0.15) is 40.0 Å². The van der Waals surface area contributed by atoms with Crippen molar-refractivity contribution in [1.29, 1.82) is 0 Å². The van der Waals surface area contributed by atoms with Gasteiger partial charge in [0.15, 0.2) is 0 Å². The molecule has 0 bridgehead atoms. The lowest BCUT2D eigenvalue weighted by Crippen LogP contribution is -2.28. The van der Waals surface area contributed by atoms with Gasteiger partial charge in [-0.05, 0) is 38.1 Å². The van der Waals surface area contributed by atoms with Crippen LogP contribution in [0.4, 0.5) is 0 Å². The molecule has 0 saturated carbocycles. The van der Waals surface area contributed by atoms with E-state index in [0.29, 0.717) is 11.5 Å². The number of carboxylic acid groups (broad SMARTS) is 1. The van der Waals surface area contributed by atoms with E-state index in [9.17, 15) is 10.0 Å². The highest BCUT2D eigenvalue weighted by molar-refractivity contribution is 5.69. The SMILES string of the molecule is COC(C)CCC(C)(C)CCN([O-])CC(=O)O. The van der Waals surface area contributed by atoms with E-state index in [4.69, 9.17) is 9.84 Å². The van der Waals surface area contributed by atoms with Crippen molar-refractivity contribution < 1.29 is 14.6 Å². The van der Waals surface area contributed by atoms with Crippen molar-refractivity contribution in [3.63, 3.8) is 0 Å². The van der Waals surface area contributed by atoms with Crippen LogP contribution in [-0.2, 0) is 9.53 Å². The number of carboxylic acids is 1. The molecule has 0 aromatic heterocycles. The molecule has 0 aliphatic carbocycles. The molecule has 1 N–H and O–H groups in total. The minimum absolute atomic E-state index is 0.0357. The third-order valence-corrected chi connectivity index (χ3v) is 2.98. The molecule has 0 aliphatic heterocycles. The predicted octanol–water partition coefficient (Wildman–Crippen LogP) is 2.10. The molecule has 102 valence electrons. The van der Waals surface area contributed by atoms with Gasteiger partial charge in [0.2, 0.25) is 0 Å². The molecule has 17 heavy (non-hydrogen) atoms. The Morgan fingerprint density at radius 1 is 1.47 bits per heavy atom. The Kier molecular flexibility index (Phi) is 7.34. The maximum absolute atomic E-state index is 11.2. The quantitative estimate of drug-likeness (QED) is 0.631. The average molecular weight is 246 g/mol. The lowest BCUT2D eigenvalue weighted by Gasteiger charge is -2.32. The Balaban J connectivity index is 3.87. The standard InChI is InChI=1S/C12H24NO4/c1-10(17-4)5-6-12(2,3)7-8-13(16)9-11(14)15/h10H,5-9H2,1-4H3,(H,14,15)/q-1. The fraction of sp³-hybridized carbons (Fsp3) is 0.917. The highest BCUT2D eigenvalue weighted by Crippen LogP contribution is 2.28. The van der Waals surface area contributed by atoms with Crippen LogP contribution in [0.3, 0.4) is 0 Å². The predicted molar refractivity (Wildman–Crippen MR) is 66.7 cm³/mol. The van der Waals surface area contributed by atoms with Crippen molar-refractivity contribution in [1.82, 2.24) is 5.06 Å². The third kappa shape index (κ3) is 9.09. The van der Waals surface area contributed by atoms with Gasteiger partial charge in [0.1, 0.15) is 0 Å². The number of aliphatic carboxylic acids is 1. The number of hydroxylamine groups is 2. The van der Waals surface area contributed by atoms with Crippen LogP contribution >= 0.6 is 0 Å². The topological polar surface area (TPSA) is 72.8 Å². The van der Waals surface area contributed by atoms with E-state index < -0.39 is 12.5 Å². The average Bonchev–Trinajstić information content (AvgIpc) is 2.22. The lowest BCUT2D eigenvalue weighted by atomic mass is 9.83. The molecule has 1 atom stereocenters. The molecule has 0 aromatic rings. The zero-order valence-corrected chi connectivity index (χ0v) is 11.2. The van der Waals surface area contributed by atoms with Crippen LogP contribution in [0.5, 0.6) is 0 Å². The van der Waals surface area contributed by atoms with Gasteiger partial charge in [-0.2, -0.15) is 0 Å². The van der Waals surface area contributed by atoms with E-state index in [-0.39, 0.29) is 18.1 Å². The van der Waals surface area contributed by atoms with Crippen molar-refractivity contribution in [2.75, 3.05) is 20.2 Å². The van der Waals surface area contributed by atoms with Gasteiger partial charge >= 0.3 is 5.97 Å². The molecule has 0 spiro atoms. The van der Waals surface area contributed by atoms with Gasteiger partial charge in [-0.15, -0.1) is 0 Å². The van der Waals surface area contributed by atoms with Gasteiger partial charge in [0, 0.05) is 7.11 Å². The highest BCUT2D eigenvalue weighted by atomic mass is 16.5. The number of hydrogen-bond donors (Lipinski definition) is 1. The Labute approximate surface area is 103 Å². The number of ether oxygens (including phenoxy) is 1. The second-order valence-corrected chi connectivity index (χ2v) is 5.26. The fourth-order valence-corrected chi connectivity index (χ4v) is 1.49. The molecule has 0 saturated heterocycles. The van der Waals surface area contributed by atoms with Gasteiger partial charge in [-0.25, -0.2) is 0 Å².